The van der Waals surface area contributed by atoms with Crippen LogP contribution in [0.4, 0.5) is 0 Å². The minimum Gasteiger partial charge on any atom is -0.106 e. The Balaban J connectivity index is 4.71. The van der Waals surface area contributed by atoms with Gasteiger partial charge in [-0.15, -0.1) is 6.42 Å². The van der Waals surface area contributed by atoms with E-state index in [1.807, 2.05) is 0 Å². The van der Waals surface area contributed by atoms with Crippen LogP contribution in [0.25, 0.3) is 0 Å². The first-order valence-electron chi connectivity index (χ1n) is 7.08. The summed E-state index contributed by atoms with van der Waals surface area (Å²) in [5.41, 5.74) is 3.51. The van der Waals surface area contributed by atoms with Crippen molar-refractivity contribution in [3.05, 3.63) is 0 Å². The van der Waals surface area contributed by atoms with Gasteiger partial charge < -0.3 is 0 Å². The minimum absolute atomic E-state index is 1.07. The summed E-state index contributed by atoms with van der Waals surface area (Å²) in [6.07, 6.45) is 17.1. The molecule has 0 bridgehead atoms. The van der Waals surface area contributed by atoms with Gasteiger partial charge in [-0.3, -0.25) is 0 Å². The molecule has 0 aromatic rings. The van der Waals surface area contributed by atoms with Crippen molar-refractivity contribution in [2.45, 2.75) is 59.3 Å². The molecular formula is C16H28P+. The molecular weight excluding hydrogens is 223 g/mol. The van der Waals surface area contributed by atoms with E-state index >= 15 is 0 Å². The van der Waals surface area contributed by atoms with E-state index in [9.17, 15) is 0 Å². The van der Waals surface area contributed by atoms with Crippen molar-refractivity contribution in [1.82, 2.24) is 0 Å². The second-order valence-corrected chi connectivity index (χ2v) is 8.61. The zero-order valence-electron chi connectivity index (χ0n) is 11.9. The fourth-order valence-electron chi connectivity index (χ4n) is 2.04. The van der Waals surface area contributed by atoms with E-state index in [-0.39, 0.29) is 0 Å². The van der Waals surface area contributed by atoms with Crippen LogP contribution in [-0.4, -0.2) is 18.5 Å². The lowest BCUT2D eigenvalue weighted by molar-refractivity contribution is 0.841. The first-order valence-corrected chi connectivity index (χ1v) is 9.43. The first-order chi connectivity index (χ1) is 8.24. The quantitative estimate of drug-likeness (QED) is 0.399. The molecule has 0 rings (SSSR count). The molecule has 0 heterocycles. The van der Waals surface area contributed by atoms with Crippen LogP contribution in [0.15, 0.2) is 0 Å². The van der Waals surface area contributed by atoms with Crippen molar-refractivity contribution >= 4 is 7.26 Å². The Labute approximate surface area is 109 Å². The first kappa shape index (κ1) is 16.6. The Kier molecular flexibility index (Phi) is 10.4. The maximum atomic E-state index is 5.32. The lowest BCUT2D eigenvalue weighted by Crippen LogP contribution is -2.07. The Hall–Kier alpha value is -0.450. The third kappa shape index (κ3) is 7.47. The van der Waals surface area contributed by atoms with E-state index in [1.54, 1.807) is 0 Å². The molecule has 0 aliphatic carbocycles. The molecule has 0 radical (unpaired) electrons. The van der Waals surface area contributed by atoms with Gasteiger partial charge in [0.05, 0.1) is 31.4 Å². The fraction of sp³-hybridized carbons (Fsp3) is 0.750. The molecule has 0 aliphatic heterocycles. The van der Waals surface area contributed by atoms with E-state index in [1.165, 1.54) is 57.0 Å². The van der Waals surface area contributed by atoms with Crippen molar-refractivity contribution in [3.8, 4) is 23.9 Å². The van der Waals surface area contributed by atoms with Gasteiger partial charge in [0, 0.05) is 5.92 Å². The standard InChI is InChI=1S/C16H28P/c1-5-9-13-17(14-10-6-2,15-11-7-3)16-12-8-4/h1H,6-8,10-12,14-16H2,2-4H3/q+1. The topological polar surface area (TPSA) is 0 Å². The maximum Gasteiger partial charge on any atom is 0.0931 e. The molecule has 1 heteroatoms. The lowest BCUT2D eigenvalue weighted by Gasteiger charge is -2.20. The van der Waals surface area contributed by atoms with Gasteiger partial charge in [0.25, 0.3) is 0 Å². The molecule has 0 unspecified atom stereocenters. The van der Waals surface area contributed by atoms with Gasteiger partial charge in [0.15, 0.2) is 0 Å². The molecule has 0 N–H and O–H groups in total. The average Bonchev–Trinajstić information content (AvgIpc) is 2.37. The lowest BCUT2D eigenvalue weighted by atomic mass is 10.4. The predicted molar refractivity (Wildman–Crippen MR) is 82.9 cm³/mol. The number of unbranched alkanes of at least 4 members (excludes halogenated alkanes) is 3. The Morgan fingerprint density at radius 1 is 0.824 bits per heavy atom. The number of rotatable bonds is 9. The summed E-state index contributed by atoms with van der Waals surface area (Å²) in [5, 5.41) is 0. The molecule has 0 saturated heterocycles. The van der Waals surface area contributed by atoms with Gasteiger partial charge in [-0.05, 0) is 25.2 Å². The second kappa shape index (κ2) is 10.7. The molecule has 0 aromatic carbocycles. The molecule has 0 saturated carbocycles. The molecule has 0 aromatic heterocycles. The van der Waals surface area contributed by atoms with Gasteiger partial charge in [-0.25, -0.2) is 0 Å². The molecule has 0 nitrogen and oxygen atoms in total. The normalized spacial score (nSPS) is 10.5. The molecule has 96 valence electrons. The fourth-order valence-corrected chi connectivity index (χ4v) is 6.11. The second-order valence-electron chi connectivity index (χ2n) is 4.76. The van der Waals surface area contributed by atoms with E-state index in [0.29, 0.717) is 0 Å². The molecule has 17 heavy (non-hydrogen) atoms. The van der Waals surface area contributed by atoms with Crippen LogP contribution in [0.2, 0.25) is 0 Å². The average molecular weight is 251 g/mol. The summed E-state index contributed by atoms with van der Waals surface area (Å²) < 4.78 is 0. The molecule has 0 spiro atoms. The van der Waals surface area contributed by atoms with E-state index in [4.69, 9.17) is 6.42 Å². The van der Waals surface area contributed by atoms with Gasteiger partial charge in [0.1, 0.15) is 0 Å². The third-order valence-electron chi connectivity index (χ3n) is 3.18. The van der Waals surface area contributed by atoms with Gasteiger partial charge in [0.2, 0.25) is 0 Å². The van der Waals surface area contributed by atoms with Crippen LogP contribution in [0, 0.1) is 23.9 Å². The predicted octanol–water partition coefficient (Wildman–Crippen LogP) is 5.00. The highest BCUT2D eigenvalue weighted by molar-refractivity contribution is 7.80. The Bertz CT molecular complexity index is 252. The highest BCUT2D eigenvalue weighted by atomic mass is 31.2. The Morgan fingerprint density at radius 3 is 1.53 bits per heavy atom. The van der Waals surface area contributed by atoms with E-state index in [0.717, 1.165) is 0 Å². The smallest absolute Gasteiger partial charge is 0.0931 e. The van der Waals surface area contributed by atoms with Gasteiger partial charge >= 0.3 is 0 Å². The number of hydrogen-bond acceptors (Lipinski definition) is 0. The van der Waals surface area contributed by atoms with Crippen molar-refractivity contribution in [2.75, 3.05) is 18.5 Å². The monoisotopic (exact) mass is 251 g/mol. The maximum absolute atomic E-state index is 5.32. The van der Waals surface area contributed by atoms with E-state index in [2.05, 4.69) is 38.3 Å². The highest BCUT2D eigenvalue weighted by Gasteiger charge is 2.34. The van der Waals surface area contributed by atoms with Crippen LogP contribution >= 0.6 is 7.26 Å². The zero-order valence-corrected chi connectivity index (χ0v) is 12.8. The van der Waals surface area contributed by atoms with Crippen LogP contribution in [-0.2, 0) is 0 Å². The number of terminal acetylenes is 1. The third-order valence-corrected chi connectivity index (χ3v) is 7.29. The molecule has 0 atom stereocenters. The zero-order chi connectivity index (χ0) is 13.0. The van der Waals surface area contributed by atoms with E-state index < -0.39 is 7.26 Å². The Morgan fingerprint density at radius 2 is 1.24 bits per heavy atom. The summed E-state index contributed by atoms with van der Waals surface area (Å²) in [4.78, 5) is 0. The summed E-state index contributed by atoms with van der Waals surface area (Å²) >= 11 is 0. The van der Waals surface area contributed by atoms with Crippen LogP contribution < -0.4 is 0 Å². The van der Waals surface area contributed by atoms with Gasteiger partial charge in [-0.1, -0.05) is 40.0 Å². The van der Waals surface area contributed by atoms with Gasteiger partial charge in [-0.2, -0.15) is 0 Å². The van der Waals surface area contributed by atoms with Crippen LogP contribution in [0.5, 0.6) is 0 Å². The molecule has 0 aliphatic rings. The molecule has 0 fully saturated rings. The largest absolute Gasteiger partial charge is 0.106 e. The van der Waals surface area contributed by atoms with Crippen molar-refractivity contribution in [3.63, 3.8) is 0 Å². The SMILES string of the molecule is C#CC#C[P+](CCCC)(CCCC)CCCC. The molecule has 0 amide bonds. The number of hydrogen-bond donors (Lipinski definition) is 0. The van der Waals surface area contributed by atoms with Crippen molar-refractivity contribution in [1.29, 1.82) is 0 Å². The van der Waals surface area contributed by atoms with Crippen molar-refractivity contribution < 1.29 is 0 Å². The summed E-state index contributed by atoms with van der Waals surface area (Å²) in [6, 6.07) is 0. The minimum atomic E-state index is -1.07. The summed E-state index contributed by atoms with van der Waals surface area (Å²) in [5.74, 6) is 5.46. The highest BCUT2D eigenvalue weighted by Crippen LogP contribution is 2.59. The summed E-state index contributed by atoms with van der Waals surface area (Å²) in [6.45, 7) is 6.80. The van der Waals surface area contributed by atoms with Crippen LogP contribution in [0.1, 0.15) is 59.3 Å². The summed E-state index contributed by atoms with van der Waals surface area (Å²) in [7, 11) is -1.07. The van der Waals surface area contributed by atoms with Crippen LogP contribution in [0.3, 0.4) is 0 Å². The van der Waals surface area contributed by atoms with Crippen molar-refractivity contribution in [2.24, 2.45) is 0 Å².